The minimum Gasteiger partial charge on any atom is -0.307 e. The molecule has 1 aliphatic rings. The maximum Gasteiger partial charge on any atom is 0.328 e. The van der Waals surface area contributed by atoms with Crippen LogP contribution >= 0.6 is 0 Å². The molecule has 2 aromatic rings. The van der Waals surface area contributed by atoms with Crippen LogP contribution in [0.3, 0.4) is 0 Å². The van der Waals surface area contributed by atoms with Crippen molar-refractivity contribution in [1.29, 1.82) is 0 Å². The predicted molar refractivity (Wildman–Crippen MR) is 78.1 cm³/mol. The number of ketones is 1. The lowest BCUT2D eigenvalue weighted by molar-refractivity contribution is 0.0927. The number of fused-ring (bicyclic) bond motifs is 1. The summed E-state index contributed by atoms with van der Waals surface area (Å²) in [6, 6.07) is 5.42. The molecule has 5 nitrogen and oxygen atoms in total. The third-order valence-electron chi connectivity index (χ3n) is 4.18. The van der Waals surface area contributed by atoms with Gasteiger partial charge in [0.1, 0.15) is 0 Å². The molecular formula is C15H19N3O2. The standard InChI is InChI=1S/C15H19N3O2/c1-17-12-7-6-10(9-13(12)18(2)15(17)20)14(19)11-5-3-4-8-16-11/h6-7,9,11,16H,3-5,8H2,1-2H3. The molecule has 1 atom stereocenters. The van der Waals surface area contributed by atoms with Crippen LogP contribution in [0.5, 0.6) is 0 Å². The Balaban J connectivity index is 2.02. The molecule has 0 amide bonds. The van der Waals surface area contributed by atoms with Gasteiger partial charge in [0.2, 0.25) is 0 Å². The molecule has 2 heterocycles. The van der Waals surface area contributed by atoms with Gasteiger partial charge in [-0.3, -0.25) is 13.9 Å². The smallest absolute Gasteiger partial charge is 0.307 e. The number of aromatic nitrogens is 2. The average molecular weight is 273 g/mol. The minimum absolute atomic E-state index is 0.0691. The molecule has 1 aromatic carbocycles. The maximum atomic E-state index is 12.5. The topological polar surface area (TPSA) is 56.0 Å². The Morgan fingerprint density at radius 2 is 1.95 bits per heavy atom. The average Bonchev–Trinajstić information content (AvgIpc) is 2.72. The van der Waals surface area contributed by atoms with Crippen LogP contribution in [-0.2, 0) is 14.1 Å². The fourth-order valence-corrected chi connectivity index (χ4v) is 2.94. The first-order valence-corrected chi connectivity index (χ1v) is 7.02. The first-order valence-electron chi connectivity index (χ1n) is 7.02. The van der Waals surface area contributed by atoms with Gasteiger partial charge in [0.05, 0.1) is 17.1 Å². The van der Waals surface area contributed by atoms with Gasteiger partial charge in [0.15, 0.2) is 5.78 Å². The SMILES string of the molecule is Cn1c(=O)n(C)c2cc(C(=O)C3CCCCN3)ccc21. The van der Waals surface area contributed by atoms with Gasteiger partial charge in [-0.15, -0.1) is 0 Å². The first-order chi connectivity index (χ1) is 9.59. The van der Waals surface area contributed by atoms with Crippen molar-refractivity contribution in [3.05, 3.63) is 34.2 Å². The molecule has 1 N–H and O–H groups in total. The second-order valence-electron chi connectivity index (χ2n) is 5.47. The maximum absolute atomic E-state index is 12.5. The summed E-state index contributed by atoms with van der Waals surface area (Å²) < 4.78 is 3.18. The molecular weight excluding hydrogens is 254 g/mol. The summed E-state index contributed by atoms with van der Waals surface area (Å²) in [5.74, 6) is 0.128. The normalized spacial score (nSPS) is 19.4. The highest BCUT2D eigenvalue weighted by Crippen LogP contribution is 2.18. The van der Waals surface area contributed by atoms with Gasteiger partial charge < -0.3 is 5.32 Å². The number of benzene rings is 1. The number of nitrogens with zero attached hydrogens (tertiary/aromatic N) is 2. The van der Waals surface area contributed by atoms with Crippen molar-refractivity contribution in [3.63, 3.8) is 0 Å². The van der Waals surface area contributed by atoms with Crippen LogP contribution in [0, 0.1) is 0 Å². The highest BCUT2D eigenvalue weighted by molar-refractivity contribution is 6.02. The van der Waals surface area contributed by atoms with Crippen LogP contribution in [0.2, 0.25) is 0 Å². The molecule has 1 saturated heterocycles. The number of hydrogen-bond acceptors (Lipinski definition) is 3. The minimum atomic E-state index is -0.0815. The lowest BCUT2D eigenvalue weighted by Crippen LogP contribution is -2.40. The molecule has 1 aromatic heterocycles. The summed E-state index contributed by atoms with van der Waals surface area (Å²) >= 11 is 0. The van der Waals surface area contributed by atoms with Crippen molar-refractivity contribution in [2.45, 2.75) is 25.3 Å². The highest BCUT2D eigenvalue weighted by atomic mass is 16.1. The predicted octanol–water partition coefficient (Wildman–Crippen LogP) is 1.20. The Hall–Kier alpha value is -1.88. The van der Waals surface area contributed by atoms with E-state index in [2.05, 4.69) is 5.32 Å². The Morgan fingerprint density at radius 1 is 1.20 bits per heavy atom. The number of carbonyl (C=O) groups is 1. The number of hydrogen-bond donors (Lipinski definition) is 1. The molecule has 0 spiro atoms. The van der Waals surface area contributed by atoms with Crippen LogP contribution < -0.4 is 11.0 Å². The van der Waals surface area contributed by atoms with E-state index in [9.17, 15) is 9.59 Å². The van der Waals surface area contributed by atoms with Crippen molar-refractivity contribution >= 4 is 16.8 Å². The Labute approximate surface area is 117 Å². The van der Waals surface area contributed by atoms with E-state index in [4.69, 9.17) is 0 Å². The quantitative estimate of drug-likeness (QED) is 0.837. The number of piperidine rings is 1. The van der Waals surface area contributed by atoms with Gasteiger partial charge in [-0.1, -0.05) is 6.42 Å². The van der Waals surface area contributed by atoms with Gasteiger partial charge in [0.25, 0.3) is 0 Å². The van der Waals surface area contributed by atoms with E-state index in [0.29, 0.717) is 5.56 Å². The van der Waals surface area contributed by atoms with Crippen LogP contribution in [0.1, 0.15) is 29.6 Å². The molecule has 0 aliphatic carbocycles. The molecule has 106 valence electrons. The molecule has 1 fully saturated rings. The van der Waals surface area contributed by atoms with Crippen molar-refractivity contribution in [1.82, 2.24) is 14.5 Å². The Bertz CT molecular complexity index is 721. The number of aryl methyl sites for hydroxylation is 2. The fourth-order valence-electron chi connectivity index (χ4n) is 2.94. The summed E-state index contributed by atoms with van der Waals surface area (Å²) in [5, 5.41) is 3.27. The van der Waals surface area contributed by atoms with Crippen molar-refractivity contribution < 1.29 is 4.79 Å². The van der Waals surface area contributed by atoms with Crippen molar-refractivity contribution in [3.8, 4) is 0 Å². The van der Waals surface area contributed by atoms with E-state index < -0.39 is 0 Å². The molecule has 1 aliphatic heterocycles. The van der Waals surface area contributed by atoms with E-state index in [1.165, 1.54) is 0 Å². The summed E-state index contributed by atoms with van der Waals surface area (Å²) in [6.07, 6.45) is 3.12. The lowest BCUT2D eigenvalue weighted by atomic mass is 9.96. The molecule has 0 saturated carbocycles. The van der Waals surface area contributed by atoms with Crippen LogP contribution in [0.4, 0.5) is 0 Å². The third-order valence-corrected chi connectivity index (χ3v) is 4.18. The monoisotopic (exact) mass is 273 g/mol. The molecule has 3 rings (SSSR count). The molecule has 0 bridgehead atoms. The number of imidazole rings is 1. The Morgan fingerprint density at radius 3 is 2.65 bits per heavy atom. The number of carbonyl (C=O) groups excluding carboxylic acids is 1. The van der Waals surface area contributed by atoms with Gasteiger partial charge in [-0.25, -0.2) is 4.79 Å². The molecule has 5 heteroatoms. The van der Waals surface area contributed by atoms with Gasteiger partial charge >= 0.3 is 5.69 Å². The van der Waals surface area contributed by atoms with E-state index in [-0.39, 0.29) is 17.5 Å². The lowest BCUT2D eigenvalue weighted by Gasteiger charge is -2.22. The fraction of sp³-hybridized carbons (Fsp3) is 0.467. The van der Waals surface area contributed by atoms with Crippen LogP contribution in [0.15, 0.2) is 23.0 Å². The Kier molecular flexibility index (Phi) is 3.22. The van der Waals surface area contributed by atoms with Gasteiger partial charge in [-0.05, 0) is 37.6 Å². The van der Waals surface area contributed by atoms with E-state index in [1.54, 1.807) is 23.2 Å². The van der Waals surface area contributed by atoms with Crippen LogP contribution in [0.25, 0.3) is 11.0 Å². The zero-order valence-electron chi connectivity index (χ0n) is 11.8. The summed E-state index contributed by atoms with van der Waals surface area (Å²) in [5.41, 5.74) is 2.27. The number of nitrogens with one attached hydrogen (secondary N) is 1. The number of Topliss-reactive ketones (excluding diaryl/α,β-unsaturated/α-hetero) is 1. The second-order valence-corrected chi connectivity index (χ2v) is 5.47. The van der Waals surface area contributed by atoms with Gasteiger partial charge in [0, 0.05) is 19.7 Å². The summed E-state index contributed by atoms with van der Waals surface area (Å²) in [4.78, 5) is 24.4. The van der Waals surface area contributed by atoms with Crippen molar-refractivity contribution in [2.24, 2.45) is 14.1 Å². The zero-order valence-corrected chi connectivity index (χ0v) is 11.8. The summed E-state index contributed by atoms with van der Waals surface area (Å²) in [7, 11) is 3.48. The number of rotatable bonds is 2. The third kappa shape index (κ3) is 1.98. The van der Waals surface area contributed by atoms with Crippen LogP contribution in [-0.4, -0.2) is 27.5 Å². The largest absolute Gasteiger partial charge is 0.328 e. The van der Waals surface area contributed by atoms with Gasteiger partial charge in [-0.2, -0.15) is 0 Å². The molecule has 0 radical (unpaired) electrons. The molecule has 20 heavy (non-hydrogen) atoms. The first kappa shape index (κ1) is 13.1. The van der Waals surface area contributed by atoms with Crippen molar-refractivity contribution in [2.75, 3.05) is 6.54 Å². The molecule has 1 unspecified atom stereocenters. The van der Waals surface area contributed by atoms with E-state index in [1.807, 2.05) is 18.2 Å². The zero-order chi connectivity index (χ0) is 14.3. The van der Waals surface area contributed by atoms with E-state index >= 15 is 0 Å². The second kappa shape index (κ2) is 4.90. The summed E-state index contributed by atoms with van der Waals surface area (Å²) in [6.45, 7) is 0.905. The highest BCUT2D eigenvalue weighted by Gasteiger charge is 2.22. The van der Waals surface area contributed by atoms with E-state index in [0.717, 1.165) is 36.8 Å².